The number of hydrogen-bond acceptors (Lipinski definition) is 7. The Morgan fingerprint density at radius 2 is 1.16 bits per heavy atom. The number of nitrogens with zero attached hydrogens (tertiary/aromatic N) is 1. The number of hydrogen-bond donors (Lipinski definition) is 0. The molecule has 0 bridgehead atoms. The van der Waals surface area contributed by atoms with E-state index in [1.807, 2.05) is 21.1 Å². The molecular weight excluding hydrogens is 649 g/mol. The highest BCUT2D eigenvalue weighted by atomic mass is 31.2. The molecular formula is C41H76NO7P. The second kappa shape index (κ2) is 34.5. The Morgan fingerprint density at radius 3 is 1.74 bits per heavy atom. The van der Waals surface area contributed by atoms with Gasteiger partial charge in [0, 0.05) is 13.0 Å². The number of likely N-dealkylation sites (N-methyl/N-ethyl adjacent to an activating group) is 1. The summed E-state index contributed by atoms with van der Waals surface area (Å²) in [5.41, 5.74) is 0. The predicted molar refractivity (Wildman–Crippen MR) is 208 cm³/mol. The highest BCUT2D eigenvalue weighted by Gasteiger charge is 2.20. The quantitative estimate of drug-likeness (QED) is 0.0209. The van der Waals surface area contributed by atoms with E-state index in [1.54, 1.807) is 0 Å². The van der Waals surface area contributed by atoms with E-state index in [2.05, 4.69) is 62.5 Å². The van der Waals surface area contributed by atoms with Crippen LogP contribution in [0, 0.1) is 0 Å². The van der Waals surface area contributed by atoms with E-state index in [9.17, 15) is 14.3 Å². The average Bonchev–Trinajstić information content (AvgIpc) is 3.06. The summed E-state index contributed by atoms with van der Waals surface area (Å²) in [7, 11) is 1.34. The standard InChI is InChI=1S/C41H76NO7P/c1-6-8-10-12-14-16-17-18-19-20-21-22-23-24-25-26-28-30-32-34-41(43)49-40(39-48-50(44,45)47-37-35-42(3,4)5)38-46-36-33-31-29-27-15-13-11-9-7-2/h8,10,14,16,18-19,21-22,40H,6-7,9,11-13,15,17,20,23-39H2,1-5H3/b10-8-,16-14-,19-18-,22-21-. The van der Waals surface area contributed by atoms with Gasteiger partial charge in [0.2, 0.25) is 0 Å². The first kappa shape index (κ1) is 48.5. The molecule has 2 unspecified atom stereocenters. The van der Waals surface area contributed by atoms with Crippen LogP contribution in [0.15, 0.2) is 48.6 Å². The van der Waals surface area contributed by atoms with Crippen LogP contribution in [0.25, 0.3) is 0 Å². The molecule has 0 N–H and O–H groups in total. The van der Waals surface area contributed by atoms with Gasteiger partial charge in [-0.05, 0) is 51.4 Å². The largest absolute Gasteiger partial charge is 0.756 e. The van der Waals surface area contributed by atoms with Crippen molar-refractivity contribution in [2.45, 2.75) is 155 Å². The first-order chi connectivity index (χ1) is 24.1. The van der Waals surface area contributed by atoms with Gasteiger partial charge in [-0.3, -0.25) is 9.36 Å². The summed E-state index contributed by atoms with van der Waals surface area (Å²) in [5.74, 6) is -0.351. The van der Waals surface area contributed by atoms with Crippen LogP contribution in [0.4, 0.5) is 0 Å². The number of esters is 1. The number of carbonyl (C=O) groups is 1. The fourth-order valence-corrected chi connectivity index (χ4v) is 5.79. The molecule has 0 aromatic heterocycles. The Labute approximate surface area is 308 Å². The molecule has 0 amide bonds. The average molecular weight is 726 g/mol. The molecule has 2 atom stereocenters. The van der Waals surface area contributed by atoms with Crippen molar-refractivity contribution in [3.05, 3.63) is 48.6 Å². The third kappa shape index (κ3) is 37.7. The maximum absolute atomic E-state index is 12.6. The lowest BCUT2D eigenvalue weighted by Crippen LogP contribution is -2.37. The molecule has 292 valence electrons. The predicted octanol–water partition coefficient (Wildman–Crippen LogP) is 10.6. The molecule has 0 fully saturated rings. The number of ether oxygens (including phenoxy) is 2. The molecule has 0 aliphatic rings. The van der Waals surface area contributed by atoms with E-state index in [0.717, 1.165) is 70.6 Å². The summed E-state index contributed by atoms with van der Waals surface area (Å²) < 4.78 is 34.4. The van der Waals surface area contributed by atoms with Crippen molar-refractivity contribution in [3.63, 3.8) is 0 Å². The van der Waals surface area contributed by atoms with Crippen LogP contribution < -0.4 is 4.89 Å². The Balaban J connectivity index is 4.26. The lowest BCUT2D eigenvalue weighted by Gasteiger charge is -2.28. The smallest absolute Gasteiger partial charge is 0.306 e. The zero-order valence-electron chi connectivity index (χ0n) is 32.8. The molecule has 9 heteroatoms. The molecule has 0 aromatic rings. The summed E-state index contributed by atoms with van der Waals surface area (Å²) in [5, 5.41) is 0. The maximum atomic E-state index is 12.6. The van der Waals surface area contributed by atoms with Crippen molar-refractivity contribution in [3.8, 4) is 0 Å². The summed E-state index contributed by atoms with van der Waals surface area (Å²) in [6.45, 7) is 5.25. The topological polar surface area (TPSA) is 94.1 Å². The van der Waals surface area contributed by atoms with Gasteiger partial charge in [0.15, 0.2) is 0 Å². The Bertz CT molecular complexity index is 942. The van der Waals surface area contributed by atoms with Crippen LogP contribution in [0.1, 0.15) is 149 Å². The maximum Gasteiger partial charge on any atom is 0.306 e. The van der Waals surface area contributed by atoms with Gasteiger partial charge in [0.05, 0.1) is 34.4 Å². The second-order valence-electron chi connectivity index (χ2n) is 14.3. The second-order valence-corrected chi connectivity index (χ2v) is 15.7. The molecule has 0 heterocycles. The van der Waals surface area contributed by atoms with Crippen molar-refractivity contribution in [1.29, 1.82) is 0 Å². The van der Waals surface area contributed by atoms with E-state index < -0.39 is 13.9 Å². The minimum absolute atomic E-state index is 0.0221. The normalized spacial score (nSPS) is 14.4. The lowest BCUT2D eigenvalue weighted by atomic mass is 10.1. The molecule has 0 saturated heterocycles. The Kier molecular flexibility index (Phi) is 33.5. The number of phosphoric ester groups is 1. The van der Waals surface area contributed by atoms with Crippen LogP contribution >= 0.6 is 7.82 Å². The number of phosphoric acid groups is 1. The van der Waals surface area contributed by atoms with Crippen molar-refractivity contribution >= 4 is 13.8 Å². The molecule has 50 heavy (non-hydrogen) atoms. The third-order valence-electron chi connectivity index (χ3n) is 8.14. The van der Waals surface area contributed by atoms with Crippen molar-refractivity contribution in [1.82, 2.24) is 0 Å². The fraction of sp³-hybridized carbons (Fsp3) is 0.780. The molecule has 0 rings (SSSR count). The van der Waals surface area contributed by atoms with Crippen LogP contribution in [0.3, 0.4) is 0 Å². The monoisotopic (exact) mass is 726 g/mol. The summed E-state index contributed by atoms with van der Waals surface area (Å²) >= 11 is 0. The first-order valence-corrected chi connectivity index (χ1v) is 21.3. The van der Waals surface area contributed by atoms with Gasteiger partial charge in [-0.2, -0.15) is 0 Å². The van der Waals surface area contributed by atoms with Crippen LogP contribution in [-0.4, -0.2) is 70.7 Å². The molecule has 0 saturated carbocycles. The SMILES string of the molecule is CC/C=C\C/C=C\C/C=C\C/C=C\CCCCCCCCC(=O)OC(COCCCCCCCCCCC)COP(=O)([O-])OCC[N+](C)(C)C. The highest BCUT2D eigenvalue weighted by Crippen LogP contribution is 2.38. The molecule has 0 aliphatic carbocycles. The minimum Gasteiger partial charge on any atom is -0.756 e. The zero-order chi connectivity index (χ0) is 37.0. The third-order valence-corrected chi connectivity index (χ3v) is 9.11. The Morgan fingerprint density at radius 1 is 0.640 bits per heavy atom. The van der Waals surface area contributed by atoms with Gasteiger partial charge < -0.3 is 27.9 Å². The van der Waals surface area contributed by atoms with Gasteiger partial charge in [-0.25, -0.2) is 0 Å². The van der Waals surface area contributed by atoms with Gasteiger partial charge in [0.25, 0.3) is 7.82 Å². The number of rotatable bonds is 36. The van der Waals surface area contributed by atoms with E-state index in [0.29, 0.717) is 24.1 Å². The highest BCUT2D eigenvalue weighted by molar-refractivity contribution is 7.45. The van der Waals surface area contributed by atoms with E-state index in [-0.39, 0.29) is 25.8 Å². The van der Waals surface area contributed by atoms with Gasteiger partial charge in [-0.1, -0.05) is 140 Å². The molecule has 0 aliphatic heterocycles. The van der Waals surface area contributed by atoms with Crippen LogP contribution in [0.2, 0.25) is 0 Å². The molecule has 8 nitrogen and oxygen atoms in total. The summed E-state index contributed by atoms with van der Waals surface area (Å²) in [4.78, 5) is 24.9. The van der Waals surface area contributed by atoms with Crippen molar-refractivity contribution in [2.24, 2.45) is 0 Å². The van der Waals surface area contributed by atoms with E-state index >= 15 is 0 Å². The van der Waals surface area contributed by atoms with E-state index in [4.69, 9.17) is 18.5 Å². The molecule has 0 aromatic carbocycles. The summed E-state index contributed by atoms with van der Waals surface area (Å²) in [6.07, 6.45) is 39.7. The lowest BCUT2D eigenvalue weighted by molar-refractivity contribution is -0.870. The number of quaternary nitrogens is 1. The molecule has 0 radical (unpaired) electrons. The number of carbonyl (C=O) groups excluding carboxylic acids is 1. The van der Waals surface area contributed by atoms with Crippen molar-refractivity contribution < 1.29 is 37.3 Å². The fourth-order valence-electron chi connectivity index (χ4n) is 5.06. The number of unbranched alkanes of at least 4 members (excludes halogenated alkanes) is 14. The van der Waals surface area contributed by atoms with Crippen molar-refractivity contribution in [2.75, 3.05) is 54.1 Å². The molecule has 0 spiro atoms. The van der Waals surface area contributed by atoms with Gasteiger partial charge >= 0.3 is 5.97 Å². The van der Waals surface area contributed by atoms with Gasteiger partial charge in [-0.15, -0.1) is 0 Å². The minimum atomic E-state index is -4.52. The van der Waals surface area contributed by atoms with Gasteiger partial charge in [0.1, 0.15) is 19.3 Å². The van der Waals surface area contributed by atoms with E-state index in [1.165, 1.54) is 57.8 Å². The van der Waals surface area contributed by atoms with Crippen LogP contribution in [0.5, 0.6) is 0 Å². The first-order valence-electron chi connectivity index (χ1n) is 19.9. The zero-order valence-corrected chi connectivity index (χ0v) is 33.7. The Hall–Kier alpha value is -1.54. The number of allylic oxidation sites excluding steroid dienone is 8. The van der Waals surface area contributed by atoms with Crippen LogP contribution in [-0.2, 0) is 27.9 Å². The summed E-state index contributed by atoms with van der Waals surface area (Å²) in [6, 6.07) is 0.